The fourth-order valence-corrected chi connectivity index (χ4v) is 3.45. The molecule has 0 amide bonds. The second-order valence-corrected chi connectivity index (χ2v) is 6.59. The van der Waals surface area contributed by atoms with Gasteiger partial charge in [0.15, 0.2) is 0 Å². The van der Waals surface area contributed by atoms with E-state index in [1.54, 1.807) is 0 Å². The first kappa shape index (κ1) is 16.4. The zero-order valence-corrected chi connectivity index (χ0v) is 14.6. The van der Waals surface area contributed by atoms with Crippen LogP contribution in [0.3, 0.4) is 0 Å². The molecule has 1 atom stereocenters. The summed E-state index contributed by atoms with van der Waals surface area (Å²) in [6.07, 6.45) is 3.09. The number of aryl methyl sites for hydroxylation is 1. The number of nitrogens with two attached hydrogens (primary N) is 1. The van der Waals surface area contributed by atoms with Gasteiger partial charge < -0.3 is 10.3 Å². The van der Waals surface area contributed by atoms with E-state index in [1.165, 1.54) is 16.5 Å². The maximum Gasteiger partial charge on any atom is 0.0595 e. The highest BCUT2D eigenvalue weighted by Crippen LogP contribution is 2.31. The second-order valence-electron chi connectivity index (χ2n) is 5.77. The lowest BCUT2D eigenvalue weighted by Gasteiger charge is -2.15. The molecule has 2 N–H and O–H groups in total. The summed E-state index contributed by atoms with van der Waals surface area (Å²) in [5, 5.41) is 2.46. The molecule has 0 spiro atoms. The van der Waals surface area contributed by atoms with E-state index in [9.17, 15) is 0 Å². The van der Waals surface area contributed by atoms with Gasteiger partial charge in [0.2, 0.25) is 0 Å². The zero-order chi connectivity index (χ0) is 16.4. The Balaban J connectivity index is 1.99. The van der Waals surface area contributed by atoms with E-state index in [1.807, 2.05) is 18.2 Å². The quantitative estimate of drug-likeness (QED) is 0.671. The largest absolute Gasteiger partial charge is 0.347 e. The first-order valence-electron chi connectivity index (χ1n) is 7.85. The summed E-state index contributed by atoms with van der Waals surface area (Å²) in [7, 11) is 0. The molecule has 23 heavy (non-hydrogen) atoms. The third-order valence-electron chi connectivity index (χ3n) is 4.35. The molecule has 4 heteroatoms. The van der Waals surface area contributed by atoms with Gasteiger partial charge in [0.05, 0.1) is 10.0 Å². The number of halogens is 2. The maximum absolute atomic E-state index is 6.14. The Bertz CT molecular complexity index is 823. The maximum atomic E-state index is 6.14. The van der Waals surface area contributed by atoms with Crippen molar-refractivity contribution < 1.29 is 0 Å². The van der Waals surface area contributed by atoms with Crippen molar-refractivity contribution in [1.82, 2.24) is 4.57 Å². The van der Waals surface area contributed by atoms with Crippen LogP contribution in [0, 0.1) is 0 Å². The molecule has 3 rings (SSSR count). The summed E-state index contributed by atoms with van der Waals surface area (Å²) in [4.78, 5) is 0. The molecule has 3 aromatic rings. The van der Waals surface area contributed by atoms with Crippen molar-refractivity contribution in [2.45, 2.75) is 25.8 Å². The lowest BCUT2D eigenvalue weighted by molar-refractivity contribution is 0.690. The van der Waals surface area contributed by atoms with Crippen LogP contribution in [0.2, 0.25) is 10.0 Å². The fourth-order valence-electron chi connectivity index (χ4n) is 3.13. The number of para-hydroxylation sites is 1. The normalized spacial score (nSPS) is 12.7. The van der Waals surface area contributed by atoms with Crippen LogP contribution in [0.25, 0.3) is 10.9 Å². The molecular formula is C19H20Cl2N2. The molecule has 0 bridgehead atoms. The van der Waals surface area contributed by atoms with E-state index in [0.29, 0.717) is 16.6 Å². The second kappa shape index (κ2) is 6.96. The number of rotatable bonds is 5. The minimum absolute atomic E-state index is 0.255. The van der Waals surface area contributed by atoms with Gasteiger partial charge in [-0.15, -0.1) is 0 Å². The Kier molecular flexibility index (Phi) is 4.96. The minimum atomic E-state index is 0.255. The highest BCUT2D eigenvalue weighted by atomic mass is 35.5. The Labute approximate surface area is 146 Å². The third kappa shape index (κ3) is 3.25. The van der Waals surface area contributed by atoms with Crippen LogP contribution in [0.15, 0.2) is 48.7 Å². The van der Waals surface area contributed by atoms with Crippen LogP contribution < -0.4 is 5.73 Å². The average molecular weight is 347 g/mol. The number of benzene rings is 2. The molecule has 2 nitrogen and oxygen atoms in total. The van der Waals surface area contributed by atoms with Crippen molar-refractivity contribution in [1.29, 1.82) is 0 Å². The number of hydrogen-bond donors (Lipinski definition) is 1. The van der Waals surface area contributed by atoms with Crippen molar-refractivity contribution in [3.05, 3.63) is 69.8 Å². The van der Waals surface area contributed by atoms with Gasteiger partial charge in [-0.3, -0.25) is 0 Å². The Morgan fingerprint density at radius 1 is 1.09 bits per heavy atom. The van der Waals surface area contributed by atoms with E-state index >= 15 is 0 Å². The number of nitrogens with zero attached hydrogens (tertiary/aromatic N) is 1. The van der Waals surface area contributed by atoms with E-state index in [-0.39, 0.29) is 5.92 Å². The van der Waals surface area contributed by atoms with Gasteiger partial charge in [0, 0.05) is 29.6 Å². The monoisotopic (exact) mass is 346 g/mol. The molecule has 2 aromatic carbocycles. The molecular weight excluding hydrogens is 327 g/mol. The summed E-state index contributed by atoms with van der Waals surface area (Å²) in [6, 6.07) is 14.3. The van der Waals surface area contributed by atoms with Crippen LogP contribution in [0.1, 0.15) is 24.0 Å². The molecule has 0 fully saturated rings. The SMILES string of the molecule is CCn1cc(C(CN)Cc2ccc(Cl)c(Cl)c2)c2ccccc21. The fraction of sp³-hybridized carbons (Fsp3) is 0.263. The van der Waals surface area contributed by atoms with Gasteiger partial charge in [0.25, 0.3) is 0 Å². The van der Waals surface area contributed by atoms with Crippen LogP contribution >= 0.6 is 23.2 Å². The third-order valence-corrected chi connectivity index (χ3v) is 5.09. The van der Waals surface area contributed by atoms with Crippen molar-refractivity contribution in [3.8, 4) is 0 Å². The summed E-state index contributed by atoms with van der Waals surface area (Å²) in [6.45, 7) is 3.70. The van der Waals surface area contributed by atoms with Gasteiger partial charge in [-0.2, -0.15) is 0 Å². The van der Waals surface area contributed by atoms with E-state index in [0.717, 1.165) is 18.5 Å². The standard InChI is InChI=1S/C19H20Cl2N2/c1-2-23-12-16(15-5-3-4-6-19(15)23)14(11-22)9-13-7-8-17(20)18(21)10-13/h3-8,10,12,14H,2,9,11,22H2,1H3. The molecule has 0 aliphatic rings. The van der Waals surface area contributed by atoms with Crippen LogP contribution in [-0.2, 0) is 13.0 Å². The molecule has 1 heterocycles. The predicted molar refractivity (Wildman–Crippen MR) is 99.6 cm³/mol. The van der Waals surface area contributed by atoms with E-state index < -0.39 is 0 Å². The van der Waals surface area contributed by atoms with Crippen LogP contribution in [0.5, 0.6) is 0 Å². The van der Waals surface area contributed by atoms with Gasteiger partial charge >= 0.3 is 0 Å². The Hall–Kier alpha value is -1.48. The lowest BCUT2D eigenvalue weighted by Crippen LogP contribution is -2.15. The highest BCUT2D eigenvalue weighted by molar-refractivity contribution is 6.42. The molecule has 0 saturated carbocycles. The van der Waals surface area contributed by atoms with Crippen molar-refractivity contribution in [3.63, 3.8) is 0 Å². The van der Waals surface area contributed by atoms with Crippen LogP contribution in [0.4, 0.5) is 0 Å². The average Bonchev–Trinajstić information content (AvgIpc) is 2.94. The van der Waals surface area contributed by atoms with Gasteiger partial charge in [-0.1, -0.05) is 47.5 Å². The van der Waals surface area contributed by atoms with Gasteiger partial charge in [-0.05, 0) is 49.2 Å². The Morgan fingerprint density at radius 2 is 1.87 bits per heavy atom. The molecule has 120 valence electrons. The molecule has 1 unspecified atom stereocenters. The number of fused-ring (bicyclic) bond motifs is 1. The van der Waals surface area contributed by atoms with Crippen molar-refractivity contribution >= 4 is 34.1 Å². The van der Waals surface area contributed by atoms with Crippen molar-refractivity contribution in [2.75, 3.05) is 6.54 Å². The van der Waals surface area contributed by atoms with Gasteiger partial charge in [-0.25, -0.2) is 0 Å². The molecule has 1 aromatic heterocycles. The van der Waals surface area contributed by atoms with E-state index in [2.05, 4.69) is 42.0 Å². The zero-order valence-electron chi connectivity index (χ0n) is 13.1. The number of aromatic nitrogens is 1. The number of hydrogen-bond acceptors (Lipinski definition) is 1. The van der Waals surface area contributed by atoms with Crippen molar-refractivity contribution in [2.24, 2.45) is 5.73 Å². The topological polar surface area (TPSA) is 30.9 Å². The highest BCUT2D eigenvalue weighted by Gasteiger charge is 2.17. The molecule has 0 radical (unpaired) electrons. The lowest BCUT2D eigenvalue weighted by atomic mass is 9.92. The summed E-state index contributed by atoms with van der Waals surface area (Å²) >= 11 is 12.1. The summed E-state index contributed by atoms with van der Waals surface area (Å²) in [5.74, 6) is 0.255. The first-order valence-corrected chi connectivity index (χ1v) is 8.61. The molecule has 0 aliphatic heterocycles. The van der Waals surface area contributed by atoms with E-state index in [4.69, 9.17) is 28.9 Å². The summed E-state index contributed by atoms with van der Waals surface area (Å²) < 4.78 is 2.28. The molecule has 0 saturated heterocycles. The Morgan fingerprint density at radius 3 is 2.57 bits per heavy atom. The predicted octanol–water partition coefficient (Wildman–Crippen LogP) is 5.25. The molecule has 0 aliphatic carbocycles. The van der Waals surface area contributed by atoms with Crippen LogP contribution in [-0.4, -0.2) is 11.1 Å². The first-order chi connectivity index (χ1) is 11.1. The summed E-state index contributed by atoms with van der Waals surface area (Å²) in [5.41, 5.74) is 9.81. The minimum Gasteiger partial charge on any atom is -0.347 e. The van der Waals surface area contributed by atoms with Gasteiger partial charge in [0.1, 0.15) is 0 Å². The smallest absolute Gasteiger partial charge is 0.0595 e.